The normalized spacial score (nSPS) is 15.2. The molecule has 0 radical (unpaired) electrons. The number of hydrogen-bond acceptors (Lipinski definition) is 4. The van der Waals surface area contributed by atoms with E-state index < -0.39 is 23.7 Å². The quantitative estimate of drug-likeness (QED) is 0.724. The van der Waals surface area contributed by atoms with Crippen molar-refractivity contribution in [2.75, 3.05) is 13.1 Å². The summed E-state index contributed by atoms with van der Waals surface area (Å²) in [4.78, 5) is 38.2. The summed E-state index contributed by atoms with van der Waals surface area (Å²) in [6, 6.07) is 6.29. The number of halogens is 3. The molecule has 1 aromatic heterocycles. The third-order valence-electron chi connectivity index (χ3n) is 5.03. The highest BCUT2D eigenvalue weighted by atomic mass is 19.4. The number of nitrogens with zero attached hydrogens (tertiary/aromatic N) is 3. The molecule has 0 spiro atoms. The van der Waals surface area contributed by atoms with Crippen molar-refractivity contribution in [2.24, 2.45) is 0 Å². The molecule has 1 aliphatic rings. The first kappa shape index (κ1) is 22.5. The predicted molar refractivity (Wildman–Crippen MR) is 106 cm³/mol. The third-order valence-corrected chi connectivity index (χ3v) is 5.03. The van der Waals surface area contributed by atoms with Crippen LogP contribution < -0.4 is 10.9 Å². The molecule has 166 valence electrons. The van der Waals surface area contributed by atoms with E-state index in [9.17, 15) is 27.6 Å². The summed E-state index contributed by atoms with van der Waals surface area (Å²) in [5.74, 6) is -0.750. The first-order valence-electron chi connectivity index (χ1n) is 10.0. The highest BCUT2D eigenvalue weighted by Crippen LogP contribution is 2.31. The second-order valence-corrected chi connectivity index (χ2v) is 7.37. The molecule has 0 saturated carbocycles. The minimum atomic E-state index is -4.54. The number of aromatic nitrogens is 2. The van der Waals surface area contributed by atoms with Crippen molar-refractivity contribution in [1.29, 1.82) is 0 Å². The summed E-state index contributed by atoms with van der Waals surface area (Å²) in [5.41, 5.74) is -0.996. The third kappa shape index (κ3) is 5.50. The van der Waals surface area contributed by atoms with E-state index >= 15 is 0 Å². The Morgan fingerprint density at radius 2 is 2.00 bits per heavy atom. The van der Waals surface area contributed by atoms with Gasteiger partial charge in [-0.05, 0) is 36.6 Å². The van der Waals surface area contributed by atoms with Gasteiger partial charge in [-0.25, -0.2) is 4.68 Å². The predicted octanol–water partition coefficient (Wildman–Crippen LogP) is 2.77. The maximum Gasteiger partial charge on any atom is 0.416 e. The number of carbonyl (C=O) groups excluding carboxylic acids is 2. The summed E-state index contributed by atoms with van der Waals surface area (Å²) < 4.78 is 40.7. The van der Waals surface area contributed by atoms with Crippen LogP contribution in [0.2, 0.25) is 0 Å². The fourth-order valence-corrected chi connectivity index (χ4v) is 3.46. The van der Waals surface area contributed by atoms with Crippen LogP contribution in [-0.4, -0.2) is 39.6 Å². The zero-order valence-corrected chi connectivity index (χ0v) is 17.0. The van der Waals surface area contributed by atoms with E-state index in [4.69, 9.17) is 0 Å². The van der Waals surface area contributed by atoms with Crippen LogP contribution >= 0.6 is 0 Å². The molecule has 1 fully saturated rings. The fraction of sp³-hybridized carbons (Fsp3) is 0.429. The van der Waals surface area contributed by atoms with Gasteiger partial charge in [0.1, 0.15) is 5.69 Å². The van der Waals surface area contributed by atoms with Gasteiger partial charge in [0.05, 0.1) is 11.6 Å². The lowest BCUT2D eigenvalue weighted by Crippen LogP contribution is -2.39. The Bertz CT molecular complexity index is 1020. The minimum absolute atomic E-state index is 0.0298. The van der Waals surface area contributed by atoms with Crippen molar-refractivity contribution in [3.8, 4) is 0 Å². The molecule has 2 amide bonds. The summed E-state index contributed by atoms with van der Waals surface area (Å²) in [5, 5.41) is 6.73. The Hall–Kier alpha value is -3.17. The number of aryl methyl sites for hydroxylation is 1. The van der Waals surface area contributed by atoms with Gasteiger partial charge in [-0.15, -0.1) is 0 Å². The number of rotatable bonds is 7. The van der Waals surface area contributed by atoms with Gasteiger partial charge in [0.2, 0.25) is 5.91 Å². The van der Waals surface area contributed by atoms with Crippen molar-refractivity contribution >= 4 is 11.8 Å². The molecule has 0 bridgehead atoms. The van der Waals surface area contributed by atoms with E-state index in [-0.39, 0.29) is 29.3 Å². The van der Waals surface area contributed by atoms with E-state index in [0.717, 1.165) is 16.8 Å². The van der Waals surface area contributed by atoms with Gasteiger partial charge in [-0.1, -0.05) is 19.1 Å². The van der Waals surface area contributed by atoms with Crippen molar-refractivity contribution in [1.82, 2.24) is 20.0 Å². The van der Waals surface area contributed by atoms with Gasteiger partial charge < -0.3 is 10.2 Å². The molecule has 0 unspecified atom stereocenters. The van der Waals surface area contributed by atoms with Gasteiger partial charge in [-0.2, -0.15) is 18.3 Å². The highest BCUT2D eigenvalue weighted by molar-refractivity contribution is 5.92. The summed E-state index contributed by atoms with van der Waals surface area (Å²) in [6.07, 6.45) is -2.87. The van der Waals surface area contributed by atoms with Crippen LogP contribution in [0.3, 0.4) is 0 Å². The number of benzene rings is 1. The lowest BCUT2D eigenvalue weighted by atomic mass is 10.0. The molecular weight excluding hydrogens is 413 g/mol. The maximum absolute atomic E-state index is 13.2. The van der Waals surface area contributed by atoms with E-state index in [2.05, 4.69) is 10.4 Å². The van der Waals surface area contributed by atoms with Crippen LogP contribution in [0.1, 0.15) is 53.8 Å². The Balaban J connectivity index is 1.90. The van der Waals surface area contributed by atoms with Crippen molar-refractivity contribution in [3.05, 3.63) is 63.6 Å². The van der Waals surface area contributed by atoms with Gasteiger partial charge in [0, 0.05) is 32.1 Å². The molecule has 7 nitrogen and oxygen atoms in total. The number of amides is 2. The molecule has 3 rings (SSSR count). The smallest absolute Gasteiger partial charge is 0.342 e. The standard InChI is InChI=1S/C21H23F3N4O3/c1-2-10-28-19(30)9-8-16(26-28)20(31)25-17(13-27-11-4-7-18(27)29)14-5-3-6-15(12-14)21(22,23)24/h3,5-6,8-9,12,17H,2,4,7,10-11,13H2,1H3,(H,25,31)/t17-/m1/s1. The average Bonchev–Trinajstić information content (AvgIpc) is 3.13. The molecule has 10 heteroatoms. The number of alkyl halides is 3. The second-order valence-electron chi connectivity index (χ2n) is 7.37. The van der Waals surface area contributed by atoms with Crippen LogP contribution in [0.15, 0.2) is 41.2 Å². The molecule has 1 N–H and O–H groups in total. The van der Waals surface area contributed by atoms with E-state index in [1.807, 2.05) is 6.92 Å². The Morgan fingerprint density at radius 1 is 1.23 bits per heavy atom. The van der Waals surface area contributed by atoms with E-state index in [1.54, 1.807) is 0 Å². The molecule has 2 aromatic rings. The van der Waals surface area contributed by atoms with Crippen molar-refractivity contribution in [3.63, 3.8) is 0 Å². The summed E-state index contributed by atoms with van der Waals surface area (Å²) in [7, 11) is 0. The van der Waals surface area contributed by atoms with Gasteiger partial charge in [0.15, 0.2) is 0 Å². The van der Waals surface area contributed by atoms with Crippen molar-refractivity contribution in [2.45, 2.75) is 44.9 Å². The molecule has 1 aromatic carbocycles. The van der Waals surface area contributed by atoms with Crippen LogP contribution in [0.4, 0.5) is 13.2 Å². The van der Waals surface area contributed by atoms with Gasteiger partial charge >= 0.3 is 6.18 Å². The summed E-state index contributed by atoms with van der Waals surface area (Å²) in [6.45, 7) is 2.71. The van der Waals surface area contributed by atoms with Crippen LogP contribution in [-0.2, 0) is 17.5 Å². The monoisotopic (exact) mass is 436 g/mol. The lowest BCUT2D eigenvalue weighted by Gasteiger charge is -2.25. The maximum atomic E-state index is 13.2. The molecule has 1 atom stereocenters. The van der Waals surface area contributed by atoms with Crippen LogP contribution in [0.5, 0.6) is 0 Å². The molecule has 2 heterocycles. The average molecular weight is 436 g/mol. The topological polar surface area (TPSA) is 84.3 Å². The minimum Gasteiger partial charge on any atom is -0.342 e. The number of nitrogens with one attached hydrogen (secondary N) is 1. The first-order chi connectivity index (χ1) is 14.7. The lowest BCUT2D eigenvalue weighted by molar-refractivity contribution is -0.137. The van der Waals surface area contributed by atoms with Gasteiger partial charge in [-0.3, -0.25) is 14.4 Å². The van der Waals surface area contributed by atoms with E-state index in [0.29, 0.717) is 32.4 Å². The Labute approximate surface area is 176 Å². The molecular formula is C21H23F3N4O3. The molecule has 1 saturated heterocycles. The van der Waals surface area contributed by atoms with Crippen molar-refractivity contribution < 1.29 is 22.8 Å². The van der Waals surface area contributed by atoms with Crippen LogP contribution in [0, 0.1) is 0 Å². The number of carbonyl (C=O) groups is 2. The second kappa shape index (κ2) is 9.32. The fourth-order valence-electron chi connectivity index (χ4n) is 3.46. The number of likely N-dealkylation sites (tertiary alicyclic amines) is 1. The zero-order chi connectivity index (χ0) is 22.6. The first-order valence-corrected chi connectivity index (χ1v) is 10.0. The number of hydrogen-bond donors (Lipinski definition) is 1. The SMILES string of the molecule is CCCn1nc(C(=O)N[C@H](CN2CCCC2=O)c2cccc(C(F)(F)F)c2)ccc1=O. The molecule has 31 heavy (non-hydrogen) atoms. The largest absolute Gasteiger partial charge is 0.416 e. The van der Waals surface area contributed by atoms with Gasteiger partial charge in [0.25, 0.3) is 11.5 Å². The zero-order valence-electron chi connectivity index (χ0n) is 17.0. The van der Waals surface area contributed by atoms with Crippen LogP contribution in [0.25, 0.3) is 0 Å². The highest BCUT2D eigenvalue weighted by Gasteiger charge is 2.32. The van der Waals surface area contributed by atoms with E-state index in [1.165, 1.54) is 29.2 Å². The Kier molecular flexibility index (Phi) is 6.77. The molecule has 0 aliphatic carbocycles. The Morgan fingerprint density at radius 3 is 2.65 bits per heavy atom. The summed E-state index contributed by atoms with van der Waals surface area (Å²) >= 11 is 0. The molecule has 1 aliphatic heterocycles.